The molecule has 0 aliphatic rings. The normalized spacial score (nSPS) is 10.5. The van der Waals surface area contributed by atoms with E-state index < -0.39 is 5.97 Å². The highest BCUT2D eigenvalue weighted by Gasteiger charge is 2.11. The molecule has 1 rings (SSSR count). The van der Waals surface area contributed by atoms with Crippen molar-refractivity contribution in [2.24, 2.45) is 0 Å². The molecule has 0 bridgehead atoms. The lowest BCUT2D eigenvalue weighted by Gasteiger charge is -2.17. The molecule has 0 atom stereocenters. The maximum Gasteiger partial charge on any atom is 0.317 e. The van der Waals surface area contributed by atoms with Crippen LogP contribution >= 0.6 is 11.3 Å². The van der Waals surface area contributed by atoms with Gasteiger partial charge in [-0.2, -0.15) is 0 Å². The number of aryl methyl sites for hydroxylation is 1. The van der Waals surface area contributed by atoms with Gasteiger partial charge in [-0.1, -0.05) is 6.08 Å². The van der Waals surface area contributed by atoms with E-state index in [1.54, 1.807) is 22.9 Å². The van der Waals surface area contributed by atoms with Crippen LogP contribution in [0.2, 0.25) is 0 Å². The molecule has 0 fully saturated rings. The van der Waals surface area contributed by atoms with E-state index in [1.807, 2.05) is 11.8 Å². The zero-order valence-electron chi connectivity index (χ0n) is 8.64. The smallest absolute Gasteiger partial charge is 0.317 e. The van der Waals surface area contributed by atoms with Gasteiger partial charge in [0.25, 0.3) is 0 Å². The van der Waals surface area contributed by atoms with E-state index >= 15 is 0 Å². The van der Waals surface area contributed by atoms with Gasteiger partial charge in [-0.3, -0.25) is 9.69 Å². The van der Waals surface area contributed by atoms with E-state index in [4.69, 9.17) is 5.11 Å². The Hall–Kier alpha value is -1.20. The molecule has 0 spiro atoms. The molecule has 1 heterocycles. The fraction of sp³-hybridized carbons (Fsp3) is 0.400. The van der Waals surface area contributed by atoms with Crippen LogP contribution in [0.3, 0.4) is 0 Å². The summed E-state index contributed by atoms with van der Waals surface area (Å²) < 4.78 is 0. The summed E-state index contributed by atoms with van der Waals surface area (Å²) in [6.45, 7) is 6.77. The highest BCUT2D eigenvalue weighted by atomic mass is 32.1. The minimum atomic E-state index is -0.820. The van der Waals surface area contributed by atoms with Gasteiger partial charge in [-0.15, -0.1) is 17.9 Å². The first-order chi connectivity index (χ1) is 7.13. The molecule has 0 radical (unpaired) electrons. The minimum Gasteiger partial charge on any atom is -0.480 e. The number of rotatable bonds is 6. The first-order valence-corrected chi connectivity index (χ1v) is 5.45. The van der Waals surface area contributed by atoms with Crippen LogP contribution in [0.4, 0.5) is 0 Å². The van der Waals surface area contributed by atoms with Crippen LogP contribution in [-0.2, 0) is 11.3 Å². The molecule has 82 valence electrons. The third kappa shape index (κ3) is 3.81. The third-order valence-corrected chi connectivity index (χ3v) is 2.88. The van der Waals surface area contributed by atoms with Gasteiger partial charge in [-0.05, 0) is 6.92 Å². The number of carboxylic acid groups (broad SMARTS) is 1. The number of hydrogen-bond donors (Lipinski definition) is 1. The highest BCUT2D eigenvalue weighted by molar-refractivity contribution is 7.09. The number of aliphatic carboxylic acids is 1. The summed E-state index contributed by atoms with van der Waals surface area (Å²) in [4.78, 5) is 17.7. The average molecular weight is 226 g/mol. The second kappa shape index (κ2) is 5.63. The van der Waals surface area contributed by atoms with Crippen LogP contribution in [0, 0.1) is 6.92 Å². The molecule has 1 aromatic rings. The summed E-state index contributed by atoms with van der Waals surface area (Å²) in [5.74, 6) is -0.820. The SMILES string of the molecule is C=CCN(CC(=O)O)Cc1scnc1C. The van der Waals surface area contributed by atoms with Crippen molar-refractivity contribution in [3.63, 3.8) is 0 Å². The van der Waals surface area contributed by atoms with E-state index in [-0.39, 0.29) is 6.54 Å². The second-order valence-electron chi connectivity index (χ2n) is 3.21. The number of hydrogen-bond acceptors (Lipinski definition) is 4. The van der Waals surface area contributed by atoms with E-state index in [2.05, 4.69) is 11.6 Å². The maximum atomic E-state index is 10.6. The summed E-state index contributed by atoms with van der Waals surface area (Å²) in [6.07, 6.45) is 1.71. The lowest BCUT2D eigenvalue weighted by atomic mass is 10.3. The summed E-state index contributed by atoms with van der Waals surface area (Å²) in [6, 6.07) is 0. The largest absolute Gasteiger partial charge is 0.480 e. The molecule has 0 saturated carbocycles. The fourth-order valence-corrected chi connectivity index (χ4v) is 2.06. The van der Waals surface area contributed by atoms with Gasteiger partial charge in [0.05, 0.1) is 17.7 Å². The molecule has 0 aliphatic carbocycles. The van der Waals surface area contributed by atoms with E-state index in [0.717, 1.165) is 10.6 Å². The van der Waals surface area contributed by atoms with Crippen LogP contribution < -0.4 is 0 Å². The number of carbonyl (C=O) groups is 1. The van der Waals surface area contributed by atoms with Gasteiger partial charge in [-0.25, -0.2) is 4.98 Å². The Kier molecular flexibility index (Phi) is 4.45. The monoisotopic (exact) mass is 226 g/mol. The van der Waals surface area contributed by atoms with E-state index in [9.17, 15) is 4.79 Å². The zero-order valence-corrected chi connectivity index (χ0v) is 9.46. The van der Waals surface area contributed by atoms with Gasteiger partial charge in [0, 0.05) is 18.0 Å². The first kappa shape index (κ1) is 11.9. The average Bonchev–Trinajstić information content (AvgIpc) is 2.51. The minimum absolute atomic E-state index is 0.0311. The molecular formula is C10H14N2O2S. The molecule has 0 amide bonds. The van der Waals surface area contributed by atoms with Crippen LogP contribution in [0.1, 0.15) is 10.6 Å². The Morgan fingerprint density at radius 1 is 1.80 bits per heavy atom. The number of aromatic nitrogens is 1. The summed E-state index contributed by atoms with van der Waals surface area (Å²) in [5.41, 5.74) is 2.75. The summed E-state index contributed by atoms with van der Waals surface area (Å²) in [7, 11) is 0. The highest BCUT2D eigenvalue weighted by Crippen LogP contribution is 2.14. The molecule has 0 saturated heterocycles. The predicted molar refractivity (Wildman–Crippen MR) is 60.0 cm³/mol. The van der Waals surface area contributed by atoms with Crippen molar-refractivity contribution in [2.45, 2.75) is 13.5 Å². The van der Waals surface area contributed by atoms with Crippen LogP contribution in [-0.4, -0.2) is 34.0 Å². The Morgan fingerprint density at radius 2 is 2.53 bits per heavy atom. The second-order valence-corrected chi connectivity index (χ2v) is 4.15. The van der Waals surface area contributed by atoms with Gasteiger partial charge in [0.15, 0.2) is 0 Å². The Morgan fingerprint density at radius 3 is 3.00 bits per heavy atom. The molecule has 15 heavy (non-hydrogen) atoms. The van der Waals surface area contributed by atoms with Crippen LogP contribution in [0.15, 0.2) is 18.2 Å². The van der Waals surface area contributed by atoms with Crippen LogP contribution in [0.5, 0.6) is 0 Å². The fourth-order valence-electron chi connectivity index (χ4n) is 1.24. The van der Waals surface area contributed by atoms with Crippen molar-refractivity contribution in [3.05, 3.63) is 28.7 Å². The lowest BCUT2D eigenvalue weighted by molar-refractivity contribution is -0.138. The van der Waals surface area contributed by atoms with Crippen molar-refractivity contribution in [1.82, 2.24) is 9.88 Å². The van der Waals surface area contributed by atoms with Gasteiger partial charge in [0.2, 0.25) is 0 Å². The van der Waals surface area contributed by atoms with Crippen molar-refractivity contribution in [1.29, 1.82) is 0 Å². The molecular weight excluding hydrogens is 212 g/mol. The number of nitrogens with zero attached hydrogens (tertiary/aromatic N) is 2. The van der Waals surface area contributed by atoms with Crippen molar-refractivity contribution < 1.29 is 9.90 Å². The van der Waals surface area contributed by atoms with Crippen molar-refractivity contribution in [3.8, 4) is 0 Å². The van der Waals surface area contributed by atoms with Gasteiger partial charge in [0.1, 0.15) is 0 Å². The van der Waals surface area contributed by atoms with E-state index in [0.29, 0.717) is 13.1 Å². The topological polar surface area (TPSA) is 53.4 Å². The van der Waals surface area contributed by atoms with Crippen molar-refractivity contribution >= 4 is 17.3 Å². The molecule has 0 unspecified atom stereocenters. The third-order valence-electron chi connectivity index (χ3n) is 1.96. The zero-order chi connectivity index (χ0) is 11.3. The molecule has 4 nitrogen and oxygen atoms in total. The Bertz CT molecular complexity index is 349. The lowest BCUT2D eigenvalue weighted by Crippen LogP contribution is -2.29. The van der Waals surface area contributed by atoms with Crippen molar-refractivity contribution in [2.75, 3.05) is 13.1 Å². The standard InChI is InChI=1S/C10H14N2O2S/c1-3-4-12(6-10(13)14)5-9-8(2)11-7-15-9/h3,7H,1,4-6H2,2H3,(H,13,14). The van der Waals surface area contributed by atoms with Gasteiger partial charge < -0.3 is 5.11 Å². The maximum absolute atomic E-state index is 10.6. The molecule has 5 heteroatoms. The molecule has 0 aromatic carbocycles. The number of carboxylic acids is 1. The molecule has 1 N–H and O–H groups in total. The van der Waals surface area contributed by atoms with Crippen LogP contribution in [0.25, 0.3) is 0 Å². The summed E-state index contributed by atoms with van der Waals surface area (Å²) >= 11 is 1.55. The predicted octanol–water partition coefficient (Wildman–Crippen LogP) is 1.52. The Balaban J connectivity index is 2.61. The first-order valence-electron chi connectivity index (χ1n) is 4.57. The van der Waals surface area contributed by atoms with Gasteiger partial charge >= 0.3 is 5.97 Å². The summed E-state index contributed by atoms with van der Waals surface area (Å²) in [5, 5.41) is 8.72. The molecule has 0 aliphatic heterocycles. The quantitative estimate of drug-likeness (QED) is 0.747. The Labute approximate surface area is 92.9 Å². The molecule has 1 aromatic heterocycles. The van der Waals surface area contributed by atoms with E-state index in [1.165, 1.54) is 0 Å². The number of thiazole rings is 1.